The average Bonchev–Trinajstić information content (AvgIpc) is 2.72. The monoisotopic (exact) mass is 304 g/mol. The molecule has 2 nitrogen and oxygen atoms in total. The van der Waals surface area contributed by atoms with E-state index >= 15 is 0 Å². The van der Waals surface area contributed by atoms with Gasteiger partial charge in [-0.25, -0.2) is 0 Å². The minimum atomic E-state index is -1.01. The Bertz CT molecular complexity index is 649. The normalized spacial score (nSPS) is 13.0. The highest BCUT2D eigenvalue weighted by molar-refractivity contribution is 6.33. The van der Waals surface area contributed by atoms with Crippen LogP contribution in [0.4, 0.5) is 0 Å². The van der Waals surface area contributed by atoms with Crippen molar-refractivity contribution in [3.05, 3.63) is 47.5 Å². The van der Waals surface area contributed by atoms with E-state index in [1.165, 1.54) is 22.3 Å². The van der Waals surface area contributed by atoms with E-state index in [0.29, 0.717) is 0 Å². The quantitative estimate of drug-likeness (QED) is 0.667. The number of benzene rings is 2. The molecule has 4 heteroatoms. The summed E-state index contributed by atoms with van der Waals surface area (Å²) in [6.45, 7) is 6.31. The van der Waals surface area contributed by atoms with Gasteiger partial charge in [0.15, 0.2) is 0 Å². The second-order valence-corrected chi connectivity index (χ2v) is 7.13. The summed E-state index contributed by atoms with van der Waals surface area (Å²) in [6.07, 6.45) is 0.945. The van der Waals surface area contributed by atoms with E-state index in [9.17, 15) is 0 Å². The Morgan fingerprint density at radius 1 is 0.739 bits per heavy atom. The van der Waals surface area contributed by atoms with Crippen molar-refractivity contribution in [2.75, 3.05) is 0 Å². The van der Waals surface area contributed by atoms with Crippen molar-refractivity contribution in [3.8, 4) is 11.1 Å². The van der Waals surface area contributed by atoms with Crippen LogP contribution in [0.5, 0.6) is 0 Å². The molecular formula is C19H22B2O2. The highest BCUT2D eigenvalue weighted by Crippen LogP contribution is 2.34. The Morgan fingerprint density at radius 2 is 1.09 bits per heavy atom. The maximum atomic E-state index is 9.10. The van der Waals surface area contributed by atoms with Gasteiger partial charge >= 0.3 is 0 Å². The Balaban J connectivity index is 0.000000207. The molecule has 2 aromatic rings. The van der Waals surface area contributed by atoms with Gasteiger partial charge in [-0.05, 0) is 56.4 Å². The van der Waals surface area contributed by atoms with Gasteiger partial charge in [0.1, 0.15) is 15.7 Å². The maximum absolute atomic E-state index is 9.10. The van der Waals surface area contributed by atoms with E-state index in [0.717, 1.165) is 17.3 Å². The molecule has 0 saturated heterocycles. The van der Waals surface area contributed by atoms with E-state index in [1.54, 1.807) is 27.7 Å². The van der Waals surface area contributed by atoms with Crippen LogP contribution < -0.4 is 10.9 Å². The molecule has 1 aliphatic rings. The molecule has 0 heterocycles. The third kappa shape index (κ3) is 4.07. The van der Waals surface area contributed by atoms with E-state index in [-0.39, 0.29) is 0 Å². The summed E-state index contributed by atoms with van der Waals surface area (Å²) in [5.41, 5.74) is 4.83. The van der Waals surface area contributed by atoms with Crippen molar-refractivity contribution < 1.29 is 10.2 Å². The van der Waals surface area contributed by atoms with Crippen LogP contribution in [-0.4, -0.2) is 37.1 Å². The molecule has 0 unspecified atom stereocenters. The van der Waals surface area contributed by atoms with E-state index < -0.39 is 11.2 Å². The molecule has 3 rings (SSSR count). The third-order valence-corrected chi connectivity index (χ3v) is 4.43. The Morgan fingerprint density at radius 3 is 1.39 bits per heavy atom. The largest absolute Gasteiger partial charge is 0.387 e. The van der Waals surface area contributed by atoms with Gasteiger partial charge in [-0.2, -0.15) is 0 Å². The lowest BCUT2D eigenvalue weighted by molar-refractivity contribution is -0.107. The summed E-state index contributed by atoms with van der Waals surface area (Å²) in [4.78, 5) is 0. The first-order valence-electron chi connectivity index (χ1n) is 7.71. The number of aliphatic hydroxyl groups is 2. The van der Waals surface area contributed by atoms with Crippen LogP contribution in [0.25, 0.3) is 11.1 Å². The third-order valence-electron chi connectivity index (χ3n) is 4.43. The Hall–Kier alpha value is -1.51. The summed E-state index contributed by atoms with van der Waals surface area (Å²) < 4.78 is 0. The van der Waals surface area contributed by atoms with E-state index in [4.69, 9.17) is 25.9 Å². The van der Waals surface area contributed by atoms with Crippen molar-refractivity contribution in [1.29, 1.82) is 0 Å². The summed E-state index contributed by atoms with van der Waals surface area (Å²) in [7, 11) is 11.5. The standard InChI is InChI=1S/C13H8B2.C6H14O2/c14-10-1-3-12-8(6-10)5-9-7-11(15)2-4-13(9)12;1-5(2,7)6(3,4)8/h1-4,6-7H,5H2;7-8H,1-4H3. The van der Waals surface area contributed by atoms with Gasteiger partial charge in [0.2, 0.25) is 0 Å². The lowest BCUT2D eigenvalue weighted by Crippen LogP contribution is -2.44. The SMILES string of the molecule is CC(C)(O)C(C)(C)O.[B]c1ccc2c(c1)Cc1cc([B])ccc1-2. The maximum Gasteiger partial charge on any atom is 0.113 e. The van der Waals surface area contributed by atoms with Crippen molar-refractivity contribution >= 4 is 26.6 Å². The summed E-state index contributed by atoms with van der Waals surface area (Å²) >= 11 is 0. The molecule has 23 heavy (non-hydrogen) atoms. The van der Waals surface area contributed by atoms with Gasteiger partial charge in [0.05, 0.1) is 11.2 Å². The second-order valence-electron chi connectivity index (χ2n) is 7.13. The van der Waals surface area contributed by atoms with Gasteiger partial charge in [0.25, 0.3) is 0 Å². The molecule has 0 bridgehead atoms. The van der Waals surface area contributed by atoms with Crippen LogP contribution in [0.3, 0.4) is 0 Å². The zero-order valence-corrected chi connectivity index (χ0v) is 14.2. The molecule has 1 aliphatic carbocycles. The summed E-state index contributed by atoms with van der Waals surface area (Å²) in [5.74, 6) is 0. The smallest absolute Gasteiger partial charge is 0.113 e. The predicted octanol–water partition coefficient (Wildman–Crippen LogP) is 1.37. The first-order valence-corrected chi connectivity index (χ1v) is 7.71. The minimum absolute atomic E-state index is 0.828. The topological polar surface area (TPSA) is 40.5 Å². The fourth-order valence-electron chi connectivity index (χ4n) is 2.25. The zero-order chi connectivity index (χ0) is 17.4. The fraction of sp³-hybridized carbons (Fsp3) is 0.368. The average molecular weight is 304 g/mol. The highest BCUT2D eigenvalue weighted by Gasteiger charge is 2.31. The van der Waals surface area contributed by atoms with Crippen LogP contribution in [-0.2, 0) is 6.42 Å². The first-order chi connectivity index (χ1) is 10.5. The van der Waals surface area contributed by atoms with Crippen LogP contribution in [0.2, 0.25) is 0 Å². The second kappa shape index (κ2) is 6.18. The van der Waals surface area contributed by atoms with Crippen molar-refractivity contribution in [3.63, 3.8) is 0 Å². The molecule has 0 amide bonds. The van der Waals surface area contributed by atoms with E-state index in [1.807, 2.05) is 24.3 Å². The Labute approximate surface area is 141 Å². The summed E-state index contributed by atoms with van der Waals surface area (Å²) in [6, 6.07) is 12.2. The minimum Gasteiger partial charge on any atom is -0.387 e. The van der Waals surface area contributed by atoms with Crippen molar-refractivity contribution in [1.82, 2.24) is 0 Å². The highest BCUT2D eigenvalue weighted by atomic mass is 16.3. The molecule has 116 valence electrons. The first kappa shape index (κ1) is 17.8. The molecule has 4 radical (unpaired) electrons. The molecule has 0 fully saturated rings. The zero-order valence-electron chi connectivity index (χ0n) is 14.2. The lowest BCUT2D eigenvalue weighted by atomic mass is 9.90. The van der Waals surface area contributed by atoms with Gasteiger partial charge in [-0.1, -0.05) is 47.3 Å². The van der Waals surface area contributed by atoms with E-state index in [2.05, 4.69) is 12.1 Å². The van der Waals surface area contributed by atoms with Gasteiger partial charge in [-0.3, -0.25) is 0 Å². The molecule has 0 aliphatic heterocycles. The number of hydrogen-bond acceptors (Lipinski definition) is 2. The van der Waals surface area contributed by atoms with Crippen LogP contribution >= 0.6 is 0 Å². The molecule has 0 atom stereocenters. The molecule has 0 aromatic heterocycles. The van der Waals surface area contributed by atoms with Crippen LogP contribution in [0, 0.1) is 0 Å². The Kier molecular flexibility index (Phi) is 4.79. The molecule has 0 saturated carbocycles. The number of rotatable bonds is 1. The number of fused-ring (bicyclic) bond motifs is 3. The molecule has 2 aromatic carbocycles. The van der Waals surface area contributed by atoms with Crippen molar-refractivity contribution in [2.24, 2.45) is 0 Å². The summed E-state index contributed by atoms with van der Waals surface area (Å²) in [5, 5.41) is 18.2. The van der Waals surface area contributed by atoms with Gasteiger partial charge < -0.3 is 10.2 Å². The van der Waals surface area contributed by atoms with Crippen molar-refractivity contribution in [2.45, 2.75) is 45.3 Å². The fourth-order valence-corrected chi connectivity index (χ4v) is 2.25. The molecule has 2 N–H and O–H groups in total. The van der Waals surface area contributed by atoms with Gasteiger partial charge in [-0.15, -0.1) is 0 Å². The predicted molar refractivity (Wildman–Crippen MR) is 98.1 cm³/mol. The lowest BCUT2D eigenvalue weighted by Gasteiger charge is -2.31. The molecular weight excluding hydrogens is 282 g/mol. The molecule has 0 spiro atoms. The van der Waals surface area contributed by atoms with Gasteiger partial charge in [0, 0.05) is 0 Å². The van der Waals surface area contributed by atoms with Crippen LogP contribution in [0.1, 0.15) is 38.8 Å². The van der Waals surface area contributed by atoms with Crippen LogP contribution in [0.15, 0.2) is 36.4 Å². The number of hydrogen-bond donors (Lipinski definition) is 2.